The van der Waals surface area contributed by atoms with E-state index in [0.29, 0.717) is 30.0 Å². The number of para-hydroxylation sites is 1. The third-order valence-electron chi connectivity index (χ3n) is 5.88. The predicted octanol–water partition coefficient (Wildman–Crippen LogP) is 4.76. The molecule has 0 saturated carbocycles. The predicted molar refractivity (Wildman–Crippen MR) is 131 cm³/mol. The van der Waals surface area contributed by atoms with Crippen molar-refractivity contribution in [2.24, 2.45) is 0 Å². The molecule has 0 atom stereocenters. The molecule has 1 aliphatic rings. The van der Waals surface area contributed by atoms with Crippen LogP contribution in [0.2, 0.25) is 0 Å². The zero-order valence-electron chi connectivity index (χ0n) is 18.6. The molecule has 6 heteroatoms. The minimum Gasteiger partial charge on any atom is -0.492 e. The summed E-state index contributed by atoms with van der Waals surface area (Å²) in [6, 6.07) is 25.7. The zero-order chi connectivity index (χ0) is 23.7. The largest absolute Gasteiger partial charge is 0.492 e. The number of carbonyl (C=O) groups excluding carboxylic acids is 3. The van der Waals surface area contributed by atoms with Gasteiger partial charge in [-0.3, -0.25) is 14.4 Å². The first kappa shape index (κ1) is 21.4. The van der Waals surface area contributed by atoms with Crippen LogP contribution >= 0.6 is 0 Å². The van der Waals surface area contributed by atoms with E-state index in [1.807, 2.05) is 61.5 Å². The highest BCUT2D eigenvalue weighted by Gasteiger charge is 2.37. The molecule has 3 amide bonds. The van der Waals surface area contributed by atoms with Crippen molar-refractivity contribution < 1.29 is 19.1 Å². The molecular weight excluding hydrogens is 428 g/mol. The average Bonchev–Trinajstić information content (AvgIpc) is 3.11. The first-order chi connectivity index (χ1) is 16.5. The number of fused-ring (bicyclic) bond motifs is 2. The van der Waals surface area contributed by atoms with Crippen molar-refractivity contribution in [3.63, 3.8) is 0 Å². The van der Waals surface area contributed by atoms with E-state index in [4.69, 9.17) is 4.74 Å². The lowest BCUT2D eigenvalue weighted by Crippen LogP contribution is -2.30. The summed E-state index contributed by atoms with van der Waals surface area (Å²) in [5, 5.41) is 5.02. The van der Waals surface area contributed by atoms with E-state index in [-0.39, 0.29) is 17.4 Å². The lowest BCUT2D eigenvalue weighted by atomic mass is 10.1. The number of carbonyl (C=O) groups is 3. The quantitative estimate of drug-likeness (QED) is 0.340. The number of ether oxygens (including phenoxy) is 1. The van der Waals surface area contributed by atoms with Gasteiger partial charge in [0.2, 0.25) is 0 Å². The highest BCUT2D eigenvalue weighted by molar-refractivity contribution is 6.35. The first-order valence-corrected chi connectivity index (χ1v) is 11.0. The second kappa shape index (κ2) is 8.83. The Morgan fingerprint density at radius 1 is 0.824 bits per heavy atom. The summed E-state index contributed by atoms with van der Waals surface area (Å²) in [5.74, 6) is -0.418. The number of anilines is 1. The van der Waals surface area contributed by atoms with Crippen molar-refractivity contribution in [2.75, 3.05) is 18.1 Å². The molecule has 34 heavy (non-hydrogen) atoms. The number of imide groups is 1. The van der Waals surface area contributed by atoms with E-state index in [9.17, 15) is 14.4 Å². The Morgan fingerprint density at radius 3 is 2.38 bits per heavy atom. The third kappa shape index (κ3) is 3.90. The van der Waals surface area contributed by atoms with Crippen LogP contribution in [0.4, 0.5) is 5.69 Å². The molecule has 0 fully saturated rings. The number of nitrogens with one attached hydrogen (secondary N) is 1. The van der Waals surface area contributed by atoms with Gasteiger partial charge < -0.3 is 10.1 Å². The summed E-state index contributed by atoms with van der Waals surface area (Å²) in [7, 11) is 0. The highest BCUT2D eigenvalue weighted by Crippen LogP contribution is 2.31. The van der Waals surface area contributed by atoms with E-state index in [1.54, 1.807) is 18.2 Å². The van der Waals surface area contributed by atoms with Crippen LogP contribution in [-0.2, 0) is 0 Å². The molecular formula is C28H22N2O4. The van der Waals surface area contributed by atoms with E-state index in [1.165, 1.54) is 17.0 Å². The van der Waals surface area contributed by atoms with Crippen molar-refractivity contribution in [3.8, 4) is 5.75 Å². The molecule has 1 heterocycles. The smallest absolute Gasteiger partial charge is 0.266 e. The van der Waals surface area contributed by atoms with Gasteiger partial charge in [0.1, 0.15) is 12.4 Å². The van der Waals surface area contributed by atoms with Crippen molar-refractivity contribution >= 4 is 34.2 Å². The highest BCUT2D eigenvalue weighted by atomic mass is 16.5. The lowest BCUT2D eigenvalue weighted by Gasteiger charge is -2.16. The summed E-state index contributed by atoms with van der Waals surface area (Å²) >= 11 is 0. The molecule has 4 aromatic rings. The van der Waals surface area contributed by atoms with E-state index in [0.717, 1.165) is 22.1 Å². The maximum atomic E-state index is 13.0. The van der Waals surface area contributed by atoms with Crippen molar-refractivity contribution in [1.82, 2.24) is 5.32 Å². The van der Waals surface area contributed by atoms with Gasteiger partial charge in [-0.1, -0.05) is 48.5 Å². The Balaban J connectivity index is 1.23. The summed E-state index contributed by atoms with van der Waals surface area (Å²) in [6.45, 7) is 2.44. The average molecular weight is 450 g/mol. The number of benzene rings is 4. The van der Waals surface area contributed by atoms with Crippen LogP contribution in [0.1, 0.15) is 36.6 Å². The molecule has 0 aromatic heterocycles. The third-order valence-corrected chi connectivity index (χ3v) is 5.88. The minimum atomic E-state index is -0.427. The normalized spacial score (nSPS) is 12.7. The van der Waals surface area contributed by atoms with E-state index >= 15 is 0 Å². The van der Waals surface area contributed by atoms with Crippen molar-refractivity contribution in [1.29, 1.82) is 0 Å². The number of hydrogen-bond donors (Lipinski definition) is 1. The molecule has 5 rings (SSSR count). The van der Waals surface area contributed by atoms with Gasteiger partial charge in [-0.25, -0.2) is 4.90 Å². The fourth-order valence-corrected chi connectivity index (χ4v) is 4.11. The fraction of sp³-hybridized carbons (Fsp3) is 0.107. The number of amides is 3. The first-order valence-electron chi connectivity index (χ1n) is 11.0. The second-order valence-corrected chi connectivity index (χ2v) is 8.11. The topological polar surface area (TPSA) is 75.7 Å². The molecule has 0 spiro atoms. The van der Waals surface area contributed by atoms with Gasteiger partial charge in [0, 0.05) is 5.56 Å². The Kier molecular flexibility index (Phi) is 5.55. The van der Waals surface area contributed by atoms with Crippen LogP contribution in [0.25, 0.3) is 10.8 Å². The van der Waals surface area contributed by atoms with Gasteiger partial charge in [0.25, 0.3) is 17.7 Å². The summed E-state index contributed by atoms with van der Waals surface area (Å²) in [4.78, 5) is 39.7. The Bertz CT molecular complexity index is 1440. The molecule has 0 aliphatic carbocycles. The van der Waals surface area contributed by atoms with Crippen LogP contribution in [0.3, 0.4) is 0 Å². The SMILES string of the molecule is Cc1ccccc1N1C(=O)c2ccc(C(=O)NCCOc3ccc4ccccc4c3)cc2C1=O. The van der Waals surface area contributed by atoms with Crippen LogP contribution in [0, 0.1) is 6.92 Å². The fourth-order valence-electron chi connectivity index (χ4n) is 4.11. The van der Waals surface area contributed by atoms with Gasteiger partial charge in [0.05, 0.1) is 23.4 Å². The molecule has 1 N–H and O–H groups in total. The number of rotatable bonds is 6. The molecule has 168 valence electrons. The molecule has 0 radical (unpaired) electrons. The Labute approximate surface area is 196 Å². The van der Waals surface area contributed by atoms with Crippen molar-refractivity contribution in [3.05, 3.63) is 107 Å². The monoisotopic (exact) mass is 450 g/mol. The molecule has 0 saturated heterocycles. The summed E-state index contributed by atoms with van der Waals surface area (Å²) in [6.07, 6.45) is 0. The van der Waals surface area contributed by atoms with E-state index < -0.39 is 5.91 Å². The zero-order valence-corrected chi connectivity index (χ0v) is 18.6. The van der Waals surface area contributed by atoms with Crippen LogP contribution in [0.5, 0.6) is 5.75 Å². The maximum Gasteiger partial charge on any atom is 0.266 e. The Morgan fingerprint density at radius 2 is 1.56 bits per heavy atom. The number of nitrogens with zero attached hydrogens (tertiary/aromatic N) is 1. The van der Waals surface area contributed by atoms with Crippen LogP contribution < -0.4 is 15.0 Å². The Hall–Kier alpha value is -4.45. The van der Waals surface area contributed by atoms with Gasteiger partial charge in [-0.15, -0.1) is 0 Å². The maximum absolute atomic E-state index is 13.0. The van der Waals surface area contributed by atoms with Crippen molar-refractivity contribution in [2.45, 2.75) is 6.92 Å². The summed E-state index contributed by atoms with van der Waals surface area (Å²) < 4.78 is 5.76. The standard InChI is InChI=1S/C28H22N2O4/c1-18-6-2-5-9-25(18)30-27(32)23-13-11-21(17-24(23)28(30)33)26(31)29-14-15-34-22-12-10-19-7-3-4-8-20(19)16-22/h2-13,16-17H,14-15H2,1H3,(H,29,31). The van der Waals surface area contributed by atoms with Crippen LogP contribution in [-0.4, -0.2) is 30.9 Å². The minimum absolute atomic E-state index is 0.230. The number of hydrogen-bond acceptors (Lipinski definition) is 4. The second-order valence-electron chi connectivity index (χ2n) is 8.11. The molecule has 1 aliphatic heterocycles. The lowest BCUT2D eigenvalue weighted by molar-refractivity contribution is 0.0923. The molecule has 4 aromatic carbocycles. The summed E-state index contributed by atoms with van der Waals surface area (Å²) in [5.41, 5.74) is 2.21. The van der Waals surface area contributed by atoms with Crippen LogP contribution in [0.15, 0.2) is 84.9 Å². The molecule has 6 nitrogen and oxygen atoms in total. The van der Waals surface area contributed by atoms with Gasteiger partial charge in [0.15, 0.2) is 0 Å². The van der Waals surface area contributed by atoms with E-state index in [2.05, 4.69) is 5.32 Å². The van der Waals surface area contributed by atoms with Gasteiger partial charge in [-0.05, 0) is 59.7 Å². The van der Waals surface area contributed by atoms with Gasteiger partial charge >= 0.3 is 0 Å². The van der Waals surface area contributed by atoms with Gasteiger partial charge in [-0.2, -0.15) is 0 Å². The molecule has 0 unspecified atom stereocenters. The molecule has 0 bridgehead atoms. The number of aryl methyl sites for hydroxylation is 1.